The molecule has 0 aliphatic carbocycles. The maximum Gasteiger partial charge on any atom is 0.252 e. The van der Waals surface area contributed by atoms with Crippen LogP contribution in [-0.2, 0) is 11.2 Å². The molecule has 0 spiro atoms. The fraction of sp³-hybridized carbons (Fsp3) is 0.231. The van der Waals surface area contributed by atoms with Crippen LogP contribution in [0.4, 0.5) is 0 Å². The molecule has 0 radical (unpaired) electrons. The Labute approximate surface area is 110 Å². The van der Waals surface area contributed by atoms with Crippen LogP contribution in [0.25, 0.3) is 11.3 Å². The molecular formula is C13H14N2O2S. The molecule has 1 aromatic heterocycles. The summed E-state index contributed by atoms with van der Waals surface area (Å²) in [5.41, 5.74) is 2.66. The number of H-pyrrole nitrogens is 2. The van der Waals surface area contributed by atoms with E-state index in [2.05, 4.69) is 9.97 Å². The summed E-state index contributed by atoms with van der Waals surface area (Å²) in [7, 11) is 1.69. The molecule has 5 heteroatoms. The van der Waals surface area contributed by atoms with E-state index in [9.17, 15) is 4.79 Å². The van der Waals surface area contributed by atoms with E-state index in [4.69, 9.17) is 17.0 Å². The molecule has 18 heavy (non-hydrogen) atoms. The van der Waals surface area contributed by atoms with Crippen molar-refractivity contribution in [2.75, 3.05) is 13.7 Å². The first-order chi connectivity index (χ1) is 8.69. The van der Waals surface area contributed by atoms with E-state index >= 15 is 0 Å². The van der Waals surface area contributed by atoms with Gasteiger partial charge in [-0.2, -0.15) is 0 Å². The van der Waals surface area contributed by atoms with Gasteiger partial charge in [-0.25, -0.2) is 0 Å². The summed E-state index contributed by atoms with van der Waals surface area (Å²) < 4.78 is 5.36. The highest BCUT2D eigenvalue weighted by molar-refractivity contribution is 7.71. The Morgan fingerprint density at radius 2 is 1.94 bits per heavy atom. The van der Waals surface area contributed by atoms with Crippen molar-refractivity contribution in [3.8, 4) is 11.3 Å². The Hall–Kier alpha value is -1.72. The lowest BCUT2D eigenvalue weighted by atomic mass is 10.1. The zero-order valence-electron chi connectivity index (χ0n) is 10.0. The van der Waals surface area contributed by atoms with Gasteiger partial charge in [-0.1, -0.05) is 24.3 Å². The zero-order chi connectivity index (χ0) is 13.0. The predicted octanol–water partition coefficient (Wildman–Crippen LogP) is 2.29. The van der Waals surface area contributed by atoms with Crippen molar-refractivity contribution in [3.63, 3.8) is 0 Å². The van der Waals surface area contributed by atoms with Gasteiger partial charge in [-0.3, -0.25) is 9.78 Å². The van der Waals surface area contributed by atoms with Crippen molar-refractivity contribution in [3.05, 3.63) is 51.0 Å². The number of nitrogens with one attached hydrogen (secondary N) is 2. The lowest BCUT2D eigenvalue weighted by molar-refractivity contribution is 0.202. The lowest BCUT2D eigenvalue weighted by Crippen LogP contribution is -2.06. The van der Waals surface area contributed by atoms with E-state index < -0.39 is 0 Å². The third-order valence-corrected chi connectivity index (χ3v) is 2.82. The number of aromatic amines is 2. The molecule has 0 saturated heterocycles. The van der Waals surface area contributed by atoms with E-state index in [1.807, 2.05) is 24.3 Å². The average Bonchev–Trinajstić information content (AvgIpc) is 2.36. The number of methoxy groups -OCH3 is 1. The summed E-state index contributed by atoms with van der Waals surface area (Å²) in [6, 6.07) is 9.47. The Morgan fingerprint density at radius 3 is 2.56 bits per heavy atom. The largest absolute Gasteiger partial charge is 0.384 e. The van der Waals surface area contributed by atoms with Gasteiger partial charge in [0, 0.05) is 13.2 Å². The van der Waals surface area contributed by atoms with Crippen LogP contribution in [0.3, 0.4) is 0 Å². The van der Waals surface area contributed by atoms with E-state index in [0.29, 0.717) is 11.4 Å². The van der Waals surface area contributed by atoms with Crippen LogP contribution < -0.4 is 5.56 Å². The number of aromatic nitrogens is 2. The first-order valence-electron chi connectivity index (χ1n) is 5.61. The van der Waals surface area contributed by atoms with E-state index in [0.717, 1.165) is 17.7 Å². The molecule has 0 saturated carbocycles. The normalized spacial score (nSPS) is 10.5. The van der Waals surface area contributed by atoms with Crippen molar-refractivity contribution >= 4 is 12.2 Å². The maximum absolute atomic E-state index is 11.3. The summed E-state index contributed by atoms with van der Waals surface area (Å²) in [4.78, 5) is 16.8. The second-order valence-electron chi connectivity index (χ2n) is 3.94. The Morgan fingerprint density at radius 1 is 1.22 bits per heavy atom. The molecule has 94 valence electrons. The van der Waals surface area contributed by atoms with Gasteiger partial charge >= 0.3 is 0 Å². The number of hydrogen-bond acceptors (Lipinski definition) is 3. The summed E-state index contributed by atoms with van der Waals surface area (Å²) in [6.45, 7) is 0.701. The second kappa shape index (κ2) is 5.75. The number of ether oxygens (including phenoxy) is 1. The second-order valence-corrected chi connectivity index (χ2v) is 4.35. The highest BCUT2D eigenvalue weighted by Gasteiger charge is 2.00. The first kappa shape index (κ1) is 12.7. The van der Waals surface area contributed by atoms with Crippen LogP contribution in [0.2, 0.25) is 0 Å². The number of hydrogen-bond donors (Lipinski definition) is 2. The van der Waals surface area contributed by atoms with Crippen LogP contribution in [0, 0.1) is 4.77 Å². The lowest BCUT2D eigenvalue weighted by Gasteiger charge is -2.04. The van der Waals surface area contributed by atoms with Gasteiger partial charge in [0.2, 0.25) is 0 Å². The van der Waals surface area contributed by atoms with Gasteiger partial charge in [0.25, 0.3) is 5.56 Å². The summed E-state index contributed by atoms with van der Waals surface area (Å²) in [5, 5.41) is 0. The fourth-order valence-electron chi connectivity index (χ4n) is 1.70. The smallest absolute Gasteiger partial charge is 0.252 e. The van der Waals surface area contributed by atoms with E-state index in [-0.39, 0.29) is 5.56 Å². The molecule has 1 aromatic carbocycles. The standard InChI is InChI=1S/C13H14N2O2S/c1-17-7-6-9-2-4-10(5-3-9)11-8-12(16)15-13(18)14-11/h2-5,8H,6-7H2,1H3,(H2,14,15,16,18). The third-order valence-electron chi connectivity index (χ3n) is 2.62. The van der Waals surface area contributed by atoms with Crippen LogP contribution >= 0.6 is 12.2 Å². The van der Waals surface area contributed by atoms with Gasteiger partial charge in [0.15, 0.2) is 4.77 Å². The van der Waals surface area contributed by atoms with Crippen LogP contribution in [-0.4, -0.2) is 23.7 Å². The molecule has 2 aromatic rings. The fourth-order valence-corrected chi connectivity index (χ4v) is 1.91. The summed E-state index contributed by atoms with van der Waals surface area (Å²) >= 11 is 4.94. The van der Waals surface area contributed by atoms with E-state index in [1.165, 1.54) is 11.6 Å². The van der Waals surface area contributed by atoms with Crippen molar-refractivity contribution in [1.82, 2.24) is 9.97 Å². The van der Waals surface area contributed by atoms with E-state index in [1.54, 1.807) is 7.11 Å². The Bertz CT molecular complexity index is 600. The highest BCUT2D eigenvalue weighted by Crippen LogP contribution is 2.16. The van der Waals surface area contributed by atoms with Gasteiger partial charge in [0.05, 0.1) is 12.3 Å². The number of benzene rings is 1. The zero-order valence-corrected chi connectivity index (χ0v) is 10.8. The predicted molar refractivity (Wildman–Crippen MR) is 73.3 cm³/mol. The van der Waals surface area contributed by atoms with Gasteiger partial charge < -0.3 is 9.72 Å². The minimum Gasteiger partial charge on any atom is -0.384 e. The minimum atomic E-state index is -0.197. The molecule has 0 fully saturated rings. The van der Waals surface area contributed by atoms with Crippen molar-refractivity contribution < 1.29 is 4.74 Å². The van der Waals surface area contributed by atoms with Crippen LogP contribution in [0.15, 0.2) is 35.1 Å². The van der Waals surface area contributed by atoms with Gasteiger partial charge in [-0.05, 0) is 29.8 Å². The molecule has 0 bridgehead atoms. The number of rotatable bonds is 4. The summed E-state index contributed by atoms with van der Waals surface area (Å²) in [6.07, 6.45) is 0.877. The third kappa shape index (κ3) is 3.15. The molecule has 0 aliphatic heterocycles. The first-order valence-corrected chi connectivity index (χ1v) is 6.02. The SMILES string of the molecule is COCCc1ccc(-c2cc(=O)[nH]c(=S)[nH]2)cc1. The van der Waals surface area contributed by atoms with Crippen LogP contribution in [0.5, 0.6) is 0 Å². The van der Waals surface area contributed by atoms with Crippen molar-refractivity contribution in [1.29, 1.82) is 0 Å². The molecule has 1 heterocycles. The molecular weight excluding hydrogens is 248 g/mol. The quantitative estimate of drug-likeness (QED) is 0.831. The molecule has 0 amide bonds. The molecule has 4 nitrogen and oxygen atoms in total. The average molecular weight is 262 g/mol. The Kier molecular flexibility index (Phi) is 4.07. The molecule has 0 atom stereocenters. The van der Waals surface area contributed by atoms with Crippen molar-refractivity contribution in [2.24, 2.45) is 0 Å². The van der Waals surface area contributed by atoms with Gasteiger partial charge in [-0.15, -0.1) is 0 Å². The maximum atomic E-state index is 11.3. The molecule has 2 N–H and O–H groups in total. The van der Waals surface area contributed by atoms with Crippen LogP contribution in [0.1, 0.15) is 5.56 Å². The minimum absolute atomic E-state index is 0.197. The van der Waals surface area contributed by atoms with Gasteiger partial charge in [0.1, 0.15) is 0 Å². The van der Waals surface area contributed by atoms with Crippen molar-refractivity contribution in [2.45, 2.75) is 6.42 Å². The monoisotopic (exact) mass is 262 g/mol. The molecule has 0 unspecified atom stereocenters. The summed E-state index contributed by atoms with van der Waals surface area (Å²) in [5.74, 6) is 0. The molecule has 0 aliphatic rings. The topological polar surface area (TPSA) is 57.9 Å². The highest BCUT2D eigenvalue weighted by atomic mass is 32.1. The Balaban J connectivity index is 2.28. The molecule has 2 rings (SSSR count).